The van der Waals surface area contributed by atoms with Gasteiger partial charge < -0.3 is 10.0 Å². The minimum absolute atomic E-state index is 0.107. The molecule has 1 aliphatic heterocycles. The van der Waals surface area contributed by atoms with Gasteiger partial charge in [-0.15, -0.1) is 0 Å². The summed E-state index contributed by atoms with van der Waals surface area (Å²) >= 11 is 0. The fraction of sp³-hybridized carbons (Fsp3) is 0.524. The molecule has 1 saturated heterocycles. The summed E-state index contributed by atoms with van der Waals surface area (Å²) in [5.41, 5.74) is 1.16. The van der Waals surface area contributed by atoms with Crippen molar-refractivity contribution in [2.24, 2.45) is 5.92 Å². The summed E-state index contributed by atoms with van der Waals surface area (Å²) < 4.78 is 1.76. The quantitative estimate of drug-likeness (QED) is 0.923. The Morgan fingerprint density at radius 3 is 2.73 bits per heavy atom. The Morgan fingerprint density at radius 1 is 1.23 bits per heavy atom. The molecule has 0 radical (unpaired) electrons. The molecule has 2 aromatic rings. The van der Waals surface area contributed by atoms with E-state index in [-0.39, 0.29) is 24.4 Å². The van der Waals surface area contributed by atoms with E-state index in [1.807, 2.05) is 48.2 Å². The van der Waals surface area contributed by atoms with Gasteiger partial charge in [-0.1, -0.05) is 43.2 Å². The molecule has 1 aromatic carbocycles. The molecule has 0 spiro atoms. The van der Waals surface area contributed by atoms with Gasteiger partial charge in [-0.05, 0) is 37.8 Å². The number of fused-ring (bicyclic) bond motifs is 1. The zero-order valence-electron chi connectivity index (χ0n) is 15.3. The normalized spacial score (nSPS) is 28.6. The average molecular weight is 353 g/mol. The van der Waals surface area contributed by atoms with E-state index in [0.29, 0.717) is 13.0 Å². The second kappa shape index (κ2) is 6.88. The molecule has 1 unspecified atom stereocenters. The van der Waals surface area contributed by atoms with Crippen molar-refractivity contribution in [2.75, 3.05) is 6.54 Å². The lowest BCUT2D eigenvalue weighted by atomic mass is 9.66. The van der Waals surface area contributed by atoms with Crippen molar-refractivity contribution in [3.05, 3.63) is 53.9 Å². The summed E-state index contributed by atoms with van der Waals surface area (Å²) in [6.45, 7) is 2.85. The summed E-state index contributed by atoms with van der Waals surface area (Å²) in [7, 11) is 0. The van der Waals surface area contributed by atoms with Crippen molar-refractivity contribution < 1.29 is 9.90 Å². The first kappa shape index (κ1) is 17.3. The summed E-state index contributed by atoms with van der Waals surface area (Å²) in [5.74, 6) is 0.221. The van der Waals surface area contributed by atoms with Crippen LogP contribution >= 0.6 is 0 Å². The molecule has 1 saturated carbocycles. The lowest BCUT2D eigenvalue weighted by molar-refractivity contribution is -0.155. The fourth-order valence-electron chi connectivity index (χ4n) is 4.86. The minimum Gasteiger partial charge on any atom is -0.385 e. The fourth-order valence-corrected chi connectivity index (χ4v) is 4.86. The molecule has 5 nitrogen and oxygen atoms in total. The second-order valence-electron chi connectivity index (χ2n) is 7.72. The number of carbonyl (C=O) groups is 1. The number of benzene rings is 1. The van der Waals surface area contributed by atoms with Gasteiger partial charge >= 0.3 is 0 Å². The molecule has 1 aromatic heterocycles. The van der Waals surface area contributed by atoms with Crippen molar-refractivity contribution in [3.63, 3.8) is 0 Å². The Kier molecular flexibility index (Phi) is 4.57. The van der Waals surface area contributed by atoms with Gasteiger partial charge in [-0.2, -0.15) is 5.10 Å². The molecular formula is C21H27N3O2. The molecule has 1 amide bonds. The molecule has 2 aliphatic rings. The highest BCUT2D eigenvalue weighted by atomic mass is 16.3. The highest BCUT2D eigenvalue weighted by molar-refractivity contribution is 5.76. The van der Waals surface area contributed by atoms with E-state index in [9.17, 15) is 9.90 Å². The molecule has 3 atom stereocenters. The molecule has 4 rings (SSSR count). The van der Waals surface area contributed by atoms with Crippen LogP contribution in [0.15, 0.2) is 42.6 Å². The Balaban J connectivity index is 1.58. The standard InChI is InChI=1S/C21H27N3O2/c1-16-11-13-22-24(16)15-20(25)23-14-12-21(26,17-7-3-2-4-8-17)18-9-5-6-10-19(18)23/h2-4,7-8,11,13,18-19,26H,5-6,9-10,12,14-15H2,1H3/t18-,19?,21-/m1/s1. The second-order valence-corrected chi connectivity index (χ2v) is 7.72. The molecule has 2 heterocycles. The topological polar surface area (TPSA) is 58.4 Å². The van der Waals surface area contributed by atoms with Gasteiger partial charge in [0.1, 0.15) is 6.54 Å². The first-order chi connectivity index (χ1) is 12.6. The number of aliphatic hydroxyl groups is 1. The maximum absolute atomic E-state index is 13.0. The van der Waals surface area contributed by atoms with Gasteiger partial charge in [0, 0.05) is 30.4 Å². The molecule has 2 fully saturated rings. The predicted octanol–water partition coefficient (Wildman–Crippen LogP) is 2.87. The van der Waals surface area contributed by atoms with Crippen LogP contribution in [0.3, 0.4) is 0 Å². The van der Waals surface area contributed by atoms with Crippen LogP contribution in [0.1, 0.15) is 43.4 Å². The van der Waals surface area contributed by atoms with Gasteiger partial charge in [0.25, 0.3) is 0 Å². The van der Waals surface area contributed by atoms with Gasteiger partial charge in [0.15, 0.2) is 0 Å². The first-order valence-electron chi connectivity index (χ1n) is 9.65. The highest BCUT2D eigenvalue weighted by Crippen LogP contribution is 2.46. The molecule has 0 bridgehead atoms. The SMILES string of the molecule is Cc1ccnn1CC(=O)N1CC[C@@](O)(c2ccccc2)[C@@H]2CCCCC21. The van der Waals surface area contributed by atoms with Crippen LogP contribution in [-0.2, 0) is 16.9 Å². The number of amides is 1. The molecule has 1 N–H and O–H groups in total. The Bertz CT molecular complexity index is 773. The lowest BCUT2D eigenvalue weighted by Crippen LogP contribution is -2.59. The highest BCUT2D eigenvalue weighted by Gasteiger charge is 2.50. The molecule has 5 heteroatoms. The average Bonchev–Trinajstić information content (AvgIpc) is 3.07. The first-order valence-corrected chi connectivity index (χ1v) is 9.65. The van der Waals surface area contributed by atoms with E-state index in [1.54, 1.807) is 10.9 Å². The van der Waals surface area contributed by atoms with E-state index in [4.69, 9.17) is 0 Å². The third kappa shape index (κ3) is 2.94. The summed E-state index contributed by atoms with van der Waals surface area (Å²) in [6, 6.07) is 12.0. The summed E-state index contributed by atoms with van der Waals surface area (Å²) in [5, 5.41) is 15.8. The van der Waals surface area contributed by atoms with Crippen LogP contribution in [0.4, 0.5) is 0 Å². The van der Waals surface area contributed by atoms with Crippen molar-refractivity contribution in [1.29, 1.82) is 0 Å². The van der Waals surface area contributed by atoms with Crippen LogP contribution in [0.2, 0.25) is 0 Å². The van der Waals surface area contributed by atoms with Gasteiger partial charge in [0.05, 0.1) is 5.60 Å². The van der Waals surface area contributed by atoms with Crippen molar-refractivity contribution >= 4 is 5.91 Å². The van der Waals surface area contributed by atoms with Crippen molar-refractivity contribution in [3.8, 4) is 0 Å². The van der Waals surface area contributed by atoms with Crippen molar-refractivity contribution in [1.82, 2.24) is 14.7 Å². The van der Waals surface area contributed by atoms with Crippen LogP contribution in [0, 0.1) is 12.8 Å². The van der Waals surface area contributed by atoms with Gasteiger partial charge in [0.2, 0.25) is 5.91 Å². The Labute approximate surface area is 154 Å². The maximum Gasteiger partial charge on any atom is 0.244 e. The monoisotopic (exact) mass is 353 g/mol. The minimum atomic E-state index is -0.829. The van der Waals surface area contributed by atoms with E-state index in [0.717, 1.165) is 36.9 Å². The number of nitrogens with zero attached hydrogens (tertiary/aromatic N) is 3. The summed E-state index contributed by atoms with van der Waals surface area (Å²) in [4.78, 5) is 15.0. The third-order valence-corrected chi connectivity index (χ3v) is 6.29. The van der Waals surface area contributed by atoms with Crippen LogP contribution < -0.4 is 0 Å². The molecule has 138 valence electrons. The number of hydrogen-bond donors (Lipinski definition) is 1. The maximum atomic E-state index is 13.0. The number of rotatable bonds is 3. The van der Waals surface area contributed by atoms with Crippen LogP contribution in [0.5, 0.6) is 0 Å². The zero-order valence-corrected chi connectivity index (χ0v) is 15.3. The number of carbonyl (C=O) groups excluding carboxylic acids is 1. The molecular weight excluding hydrogens is 326 g/mol. The van der Waals surface area contributed by atoms with E-state index in [2.05, 4.69) is 5.10 Å². The lowest BCUT2D eigenvalue weighted by Gasteiger charge is -2.52. The Hall–Kier alpha value is -2.14. The third-order valence-electron chi connectivity index (χ3n) is 6.29. The zero-order chi connectivity index (χ0) is 18.1. The van der Waals surface area contributed by atoms with E-state index < -0.39 is 5.60 Å². The van der Waals surface area contributed by atoms with Gasteiger partial charge in [-0.3, -0.25) is 9.48 Å². The van der Waals surface area contributed by atoms with E-state index >= 15 is 0 Å². The Morgan fingerprint density at radius 2 is 2.00 bits per heavy atom. The van der Waals surface area contributed by atoms with Crippen LogP contribution in [0.25, 0.3) is 0 Å². The molecule has 1 aliphatic carbocycles. The van der Waals surface area contributed by atoms with E-state index in [1.165, 1.54) is 0 Å². The summed E-state index contributed by atoms with van der Waals surface area (Å²) in [6.07, 6.45) is 6.52. The van der Waals surface area contributed by atoms with Crippen molar-refractivity contribution in [2.45, 2.75) is 57.2 Å². The molecule has 26 heavy (non-hydrogen) atoms. The number of piperidine rings is 1. The number of hydrogen-bond acceptors (Lipinski definition) is 3. The number of aromatic nitrogens is 2. The number of likely N-dealkylation sites (tertiary alicyclic amines) is 1. The smallest absolute Gasteiger partial charge is 0.244 e. The predicted molar refractivity (Wildman–Crippen MR) is 99.4 cm³/mol. The van der Waals surface area contributed by atoms with Gasteiger partial charge in [-0.25, -0.2) is 0 Å². The largest absolute Gasteiger partial charge is 0.385 e. The van der Waals surface area contributed by atoms with Crippen LogP contribution in [-0.4, -0.2) is 38.3 Å². The number of aryl methyl sites for hydroxylation is 1.